The third kappa shape index (κ3) is 4.12. The monoisotopic (exact) mass is 410 g/mol. The van der Waals surface area contributed by atoms with E-state index in [1.54, 1.807) is 0 Å². The van der Waals surface area contributed by atoms with Gasteiger partial charge < -0.3 is 0 Å². The van der Waals surface area contributed by atoms with Gasteiger partial charge in [-0.05, 0) is 22.9 Å². The van der Waals surface area contributed by atoms with Crippen LogP contribution in [0.3, 0.4) is 0 Å². The lowest BCUT2D eigenvalue weighted by atomic mass is 10.0. The van der Waals surface area contributed by atoms with Gasteiger partial charge in [0, 0.05) is 34.3 Å². The maximum atomic E-state index is 4.48. The van der Waals surface area contributed by atoms with Crippen molar-refractivity contribution in [1.29, 1.82) is 0 Å². The number of benzene rings is 4. The minimum atomic E-state index is 1.05. The molecule has 2 heteroatoms. The molecular formula is C30H22N2. The zero-order valence-corrected chi connectivity index (χ0v) is 17.6. The Bertz CT molecular complexity index is 1330. The maximum absolute atomic E-state index is 4.48. The van der Waals surface area contributed by atoms with Crippen LogP contribution in [0.4, 0.5) is 0 Å². The first-order chi connectivity index (χ1) is 15.9. The number of pyridine rings is 2. The van der Waals surface area contributed by atoms with Gasteiger partial charge in [-0.3, -0.25) is 9.97 Å². The molecule has 2 nitrogen and oxygen atoms in total. The van der Waals surface area contributed by atoms with Crippen molar-refractivity contribution in [2.24, 2.45) is 0 Å². The topological polar surface area (TPSA) is 25.8 Å². The van der Waals surface area contributed by atoms with Crippen LogP contribution in [-0.4, -0.2) is 9.97 Å². The third-order valence-corrected chi connectivity index (χ3v) is 5.44. The van der Waals surface area contributed by atoms with E-state index in [2.05, 4.69) is 82.8 Å². The van der Waals surface area contributed by atoms with Crippen molar-refractivity contribution in [3.63, 3.8) is 0 Å². The van der Waals surface area contributed by atoms with Crippen LogP contribution in [0.15, 0.2) is 134 Å². The summed E-state index contributed by atoms with van der Waals surface area (Å²) in [5.74, 6) is 0. The molecule has 0 fully saturated rings. The lowest BCUT2D eigenvalue weighted by molar-refractivity contribution is 1.36. The standard InChI is InChI=1S/2C15H11N/c2*1-2-7-13(8-3-1)15-14-9-5-4-6-12(14)10-11-16-15/h2*1-11H. The first kappa shape index (κ1) is 19.7. The van der Waals surface area contributed by atoms with E-state index < -0.39 is 0 Å². The van der Waals surface area contributed by atoms with Gasteiger partial charge in [-0.1, -0.05) is 109 Å². The fourth-order valence-corrected chi connectivity index (χ4v) is 3.89. The summed E-state index contributed by atoms with van der Waals surface area (Å²) < 4.78 is 0. The molecular weight excluding hydrogens is 388 g/mol. The second kappa shape index (κ2) is 9.23. The Morgan fingerprint density at radius 2 is 0.719 bits per heavy atom. The highest BCUT2D eigenvalue weighted by atomic mass is 14.7. The van der Waals surface area contributed by atoms with Gasteiger partial charge in [0.25, 0.3) is 0 Å². The molecule has 0 saturated heterocycles. The van der Waals surface area contributed by atoms with Gasteiger partial charge >= 0.3 is 0 Å². The van der Waals surface area contributed by atoms with Crippen molar-refractivity contribution >= 4 is 21.5 Å². The Morgan fingerprint density at radius 1 is 0.344 bits per heavy atom. The normalized spacial score (nSPS) is 10.5. The fraction of sp³-hybridized carbons (Fsp3) is 0. The first-order valence-electron chi connectivity index (χ1n) is 10.7. The molecule has 0 amide bonds. The van der Waals surface area contributed by atoms with E-state index in [0.29, 0.717) is 0 Å². The number of hydrogen-bond acceptors (Lipinski definition) is 2. The molecule has 2 aromatic heterocycles. The molecule has 0 radical (unpaired) electrons. The Hall–Kier alpha value is -4.30. The van der Waals surface area contributed by atoms with Gasteiger partial charge in [0.1, 0.15) is 0 Å². The fourth-order valence-electron chi connectivity index (χ4n) is 3.89. The lowest BCUT2D eigenvalue weighted by Crippen LogP contribution is -1.84. The van der Waals surface area contributed by atoms with Crippen LogP contribution >= 0.6 is 0 Å². The molecule has 0 atom stereocenters. The Kier molecular flexibility index (Phi) is 5.67. The number of nitrogens with zero attached hydrogens (tertiary/aromatic N) is 2. The number of hydrogen-bond donors (Lipinski definition) is 0. The van der Waals surface area contributed by atoms with E-state index in [9.17, 15) is 0 Å². The molecule has 0 N–H and O–H groups in total. The minimum absolute atomic E-state index is 1.05. The van der Waals surface area contributed by atoms with Gasteiger partial charge in [0.2, 0.25) is 0 Å². The Balaban J connectivity index is 0.000000135. The lowest BCUT2D eigenvalue weighted by Gasteiger charge is -2.04. The van der Waals surface area contributed by atoms with Crippen molar-refractivity contribution in [2.75, 3.05) is 0 Å². The molecule has 2 heterocycles. The molecule has 0 aliphatic carbocycles. The van der Waals surface area contributed by atoms with Crippen LogP contribution in [0.1, 0.15) is 0 Å². The van der Waals surface area contributed by atoms with Crippen molar-refractivity contribution < 1.29 is 0 Å². The van der Waals surface area contributed by atoms with Crippen LogP contribution in [-0.2, 0) is 0 Å². The number of rotatable bonds is 2. The largest absolute Gasteiger partial charge is 0.256 e. The molecule has 6 aromatic rings. The Morgan fingerprint density at radius 3 is 1.16 bits per heavy atom. The molecule has 152 valence electrons. The average molecular weight is 411 g/mol. The van der Waals surface area contributed by atoms with E-state index in [1.165, 1.54) is 32.7 Å². The van der Waals surface area contributed by atoms with Gasteiger partial charge in [-0.25, -0.2) is 0 Å². The highest BCUT2D eigenvalue weighted by molar-refractivity contribution is 5.95. The first-order valence-corrected chi connectivity index (χ1v) is 10.7. The third-order valence-electron chi connectivity index (χ3n) is 5.44. The van der Waals surface area contributed by atoms with Gasteiger partial charge in [-0.2, -0.15) is 0 Å². The summed E-state index contributed by atoms with van der Waals surface area (Å²) in [5.41, 5.74) is 4.44. The molecule has 0 aliphatic heterocycles. The minimum Gasteiger partial charge on any atom is -0.256 e. The molecule has 4 aromatic carbocycles. The highest BCUT2D eigenvalue weighted by Crippen LogP contribution is 2.26. The average Bonchev–Trinajstić information content (AvgIpc) is 2.89. The SMILES string of the molecule is c1ccc(-c2nccc3ccccc23)cc1.c1ccc(-c2nccc3ccccc23)cc1. The van der Waals surface area contributed by atoms with Crippen molar-refractivity contribution in [3.05, 3.63) is 134 Å². The Labute approximate surface area is 187 Å². The van der Waals surface area contributed by atoms with Crippen LogP contribution in [0.5, 0.6) is 0 Å². The van der Waals surface area contributed by atoms with E-state index in [1.807, 2.05) is 60.9 Å². The van der Waals surface area contributed by atoms with E-state index in [-0.39, 0.29) is 0 Å². The highest BCUT2D eigenvalue weighted by Gasteiger charge is 2.04. The summed E-state index contributed by atoms with van der Waals surface area (Å²) in [6.45, 7) is 0. The smallest absolute Gasteiger partial charge is 0.0780 e. The molecule has 0 spiro atoms. The number of fused-ring (bicyclic) bond motifs is 2. The van der Waals surface area contributed by atoms with Crippen molar-refractivity contribution in [3.8, 4) is 22.5 Å². The predicted octanol–water partition coefficient (Wildman–Crippen LogP) is 7.80. The van der Waals surface area contributed by atoms with Crippen molar-refractivity contribution in [2.45, 2.75) is 0 Å². The number of aromatic nitrogens is 2. The second-order valence-corrected chi connectivity index (χ2v) is 7.49. The van der Waals surface area contributed by atoms with Crippen LogP contribution in [0, 0.1) is 0 Å². The summed E-state index contributed by atoms with van der Waals surface area (Å²) in [4.78, 5) is 8.95. The van der Waals surface area contributed by atoms with E-state index in [0.717, 1.165) is 11.4 Å². The molecule has 6 rings (SSSR count). The zero-order valence-electron chi connectivity index (χ0n) is 17.6. The molecule has 0 saturated carbocycles. The second-order valence-electron chi connectivity index (χ2n) is 7.49. The molecule has 0 aliphatic rings. The molecule has 0 unspecified atom stereocenters. The van der Waals surface area contributed by atoms with Crippen LogP contribution in [0.25, 0.3) is 44.1 Å². The van der Waals surface area contributed by atoms with E-state index >= 15 is 0 Å². The summed E-state index contributed by atoms with van der Waals surface area (Å²) in [7, 11) is 0. The van der Waals surface area contributed by atoms with Gasteiger partial charge in [0.05, 0.1) is 11.4 Å². The van der Waals surface area contributed by atoms with Gasteiger partial charge in [0.15, 0.2) is 0 Å². The summed E-state index contributed by atoms with van der Waals surface area (Å²) >= 11 is 0. The summed E-state index contributed by atoms with van der Waals surface area (Å²) in [5, 5.41) is 4.88. The van der Waals surface area contributed by atoms with Crippen LogP contribution in [0.2, 0.25) is 0 Å². The maximum Gasteiger partial charge on any atom is 0.0780 e. The predicted molar refractivity (Wildman–Crippen MR) is 134 cm³/mol. The summed E-state index contributed by atoms with van der Waals surface area (Å²) in [6, 6.07) is 41.3. The quantitative estimate of drug-likeness (QED) is 0.291. The van der Waals surface area contributed by atoms with Crippen LogP contribution < -0.4 is 0 Å². The molecule has 32 heavy (non-hydrogen) atoms. The molecule has 0 bridgehead atoms. The van der Waals surface area contributed by atoms with E-state index in [4.69, 9.17) is 0 Å². The summed E-state index contributed by atoms with van der Waals surface area (Å²) in [6.07, 6.45) is 3.73. The zero-order chi connectivity index (χ0) is 21.6. The van der Waals surface area contributed by atoms with Gasteiger partial charge in [-0.15, -0.1) is 0 Å². The van der Waals surface area contributed by atoms with Crippen molar-refractivity contribution in [1.82, 2.24) is 9.97 Å².